The van der Waals surface area contributed by atoms with Gasteiger partial charge in [0.15, 0.2) is 11.5 Å². The van der Waals surface area contributed by atoms with E-state index in [0.29, 0.717) is 48.5 Å². The van der Waals surface area contributed by atoms with Gasteiger partial charge in [-0.1, -0.05) is 18.2 Å². The Balaban J connectivity index is 1.22. The number of halogens is 1. The van der Waals surface area contributed by atoms with Crippen LogP contribution in [-0.4, -0.2) is 50.2 Å². The third-order valence-corrected chi connectivity index (χ3v) is 5.76. The van der Waals surface area contributed by atoms with Crippen LogP contribution in [0.25, 0.3) is 5.65 Å². The summed E-state index contributed by atoms with van der Waals surface area (Å²) in [5.74, 6) is -0.473. The molecule has 0 spiro atoms. The molecule has 5 rings (SSSR count). The summed E-state index contributed by atoms with van der Waals surface area (Å²) in [6.07, 6.45) is 1.28. The first-order valence-corrected chi connectivity index (χ1v) is 10.8. The average Bonchev–Trinajstić information content (AvgIpc) is 3.32. The van der Waals surface area contributed by atoms with Crippen molar-refractivity contribution in [3.05, 3.63) is 72.0 Å². The molecule has 172 valence electrons. The Hall–Kier alpha value is -4.41. The lowest BCUT2D eigenvalue weighted by Gasteiger charge is -2.32. The van der Waals surface area contributed by atoms with E-state index in [1.54, 1.807) is 36.4 Å². The van der Waals surface area contributed by atoms with Crippen LogP contribution >= 0.6 is 0 Å². The van der Waals surface area contributed by atoms with Crippen LogP contribution in [0.2, 0.25) is 0 Å². The Morgan fingerprint density at radius 1 is 0.971 bits per heavy atom. The van der Waals surface area contributed by atoms with Crippen molar-refractivity contribution in [2.75, 3.05) is 28.6 Å². The molecule has 2 amide bonds. The first-order chi connectivity index (χ1) is 16.6. The molecule has 2 aromatic heterocycles. The summed E-state index contributed by atoms with van der Waals surface area (Å²) in [5, 5.41) is 21.2. The second-order valence-electron chi connectivity index (χ2n) is 7.98. The third-order valence-electron chi connectivity index (χ3n) is 5.76. The molecule has 11 heteroatoms. The molecule has 4 aromatic rings. The van der Waals surface area contributed by atoms with Gasteiger partial charge in [-0.25, -0.2) is 4.39 Å². The molecule has 34 heavy (non-hydrogen) atoms. The number of benzene rings is 2. The van der Waals surface area contributed by atoms with Crippen LogP contribution < -0.4 is 15.5 Å². The molecule has 0 radical (unpaired) electrons. The fourth-order valence-corrected chi connectivity index (χ4v) is 3.97. The average molecular weight is 460 g/mol. The van der Waals surface area contributed by atoms with Crippen molar-refractivity contribution in [2.45, 2.75) is 12.8 Å². The van der Waals surface area contributed by atoms with Crippen LogP contribution in [0.1, 0.15) is 23.2 Å². The number of anilines is 3. The summed E-state index contributed by atoms with van der Waals surface area (Å²) < 4.78 is 14.8. The lowest BCUT2D eigenvalue weighted by molar-refractivity contribution is -0.120. The predicted molar refractivity (Wildman–Crippen MR) is 123 cm³/mol. The van der Waals surface area contributed by atoms with Crippen molar-refractivity contribution in [2.24, 2.45) is 5.92 Å². The van der Waals surface area contributed by atoms with Gasteiger partial charge >= 0.3 is 0 Å². The van der Waals surface area contributed by atoms with Gasteiger partial charge in [-0.3, -0.25) is 9.59 Å². The molecule has 10 nitrogen and oxygen atoms in total. The number of tetrazole rings is 1. The zero-order chi connectivity index (χ0) is 23.5. The maximum Gasteiger partial charge on any atom is 0.257 e. The van der Waals surface area contributed by atoms with E-state index in [9.17, 15) is 14.0 Å². The zero-order valence-corrected chi connectivity index (χ0v) is 18.1. The van der Waals surface area contributed by atoms with E-state index in [2.05, 4.69) is 36.2 Å². The molecule has 1 aliphatic heterocycles. The molecule has 0 saturated carbocycles. The molecular weight excluding hydrogens is 439 g/mol. The predicted octanol–water partition coefficient (Wildman–Crippen LogP) is 2.77. The first kappa shape index (κ1) is 21.4. The molecule has 2 aromatic carbocycles. The minimum Gasteiger partial charge on any atom is -0.355 e. The Bertz CT molecular complexity index is 1350. The number of hydrogen-bond acceptors (Lipinski definition) is 7. The van der Waals surface area contributed by atoms with Gasteiger partial charge in [0.2, 0.25) is 5.91 Å². The normalized spacial score (nSPS) is 14.2. The van der Waals surface area contributed by atoms with Crippen LogP contribution in [0.4, 0.5) is 21.6 Å². The van der Waals surface area contributed by atoms with Gasteiger partial charge in [-0.2, -0.15) is 0 Å². The van der Waals surface area contributed by atoms with E-state index in [1.807, 2.05) is 6.07 Å². The van der Waals surface area contributed by atoms with E-state index in [1.165, 1.54) is 22.8 Å². The van der Waals surface area contributed by atoms with Gasteiger partial charge in [0.25, 0.3) is 5.91 Å². The van der Waals surface area contributed by atoms with Crippen molar-refractivity contribution in [3.63, 3.8) is 0 Å². The van der Waals surface area contributed by atoms with E-state index in [0.717, 1.165) is 5.82 Å². The number of para-hydroxylation sites is 1. The highest BCUT2D eigenvalue weighted by Crippen LogP contribution is 2.25. The number of amides is 2. The van der Waals surface area contributed by atoms with Gasteiger partial charge in [-0.15, -0.1) is 14.8 Å². The molecule has 2 N–H and O–H groups in total. The molecule has 0 unspecified atom stereocenters. The molecule has 0 bridgehead atoms. The quantitative estimate of drug-likeness (QED) is 0.470. The standard InChI is InChI=1S/C23H21FN8O2/c24-16-4-3-5-17(14-16)25-23(34)18-6-1-2-7-19(18)26-22(33)15-10-12-31(13-11-15)21-9-8-20-27-29-30-32(20)28-21/h1-9,14-15H,10-13H2,(H,25,34)(H,26,33). The third kappa shape index (κ3) is 4.53. The minimum atomic E-state index is -0.446. The van der Waals surface area contributed by atoms with Gasteiger partial charge in [0.05, 0.1) is 11.3 Å². The Labute approximate surface area is 193 Å². The number of fused-ring (bicyclic) bond motifs is 1. The molecular formula is C23H21FN8O2. The topological polar surface area (TPSA) is 117 Å². The lowest BCUT2D eigenvalue weighted by Crippen LogP contribution is -2.39. The van der Waals surface area contributed by atoms with Crippen LogP contribution in [0.15, 0.2) is 60.7 Å². The largest absolute Gasteiger partial charge is 0.355 e. The van der Waals surface area contributed by atoms with E-state index in [-0.39, 0.29) is 11.8 Å². The highest BCUT2D eigenvalue weighted by molar-refractivity contribution is 6.10. The summed E-state index contributed by atoms with van der Waals surface area (Å²) in [6.45, 7) is 1.31. The fourth-order valence-electron chi connectivity index (χ4n) is 3.97. The number of aromatic nitrogens is 5. The Kier molecular flexibility index (Phi) is 5.81. The lowest BCUT2D eigenvalue weighted by atomic mass is 9.95. The number of rotatable bonds is 5. The second kappa shape index (κ2) is 9.22. The van der Waals surface area contributed by atoms with Crippen LogP contribution in [0, 0.1) is 11.7 Å². The first-order valence-electron chi connectivity index (χ1n) is 10.8. The van der Waals surface area contributed by atoms with Gasteiger partial charge in [0, 0.05) is 24.7 Å². The highest BCUT2D eigenvalue weighted by atomic mass is 19.1. The number of nitrogens with zero attached hydrogens (tertiary/aromatic N) is 6. The molecule has 1 saturated heterocycles. The van der Waals surface area contributed by atoms with Crippen LogP contribution in [-0.2, 0) is 4.79 Å². The van der Waals surface area contributed by atoms with Gasteiger partial charge in [0.1, 0.15) is 5.82 Å². The van der Waals surface area contributed by atoms with Crippen LogP contribution in [0.5, 0.6) is 0 Å². The molecule has 1 aliphatic rings. The maximum atomic E-state index is 13.4. The Morgan fingerprint density at radius 2 is 1.79 bits per heavy atom. The van der Waals surface area contributed by atoms with Gasteiger partial charge < -0.3 is 15.5 Å². The molecule has 3 heterocycles. The minimum absolute atomic E-state index is 0.144. The smallest absolute Gasteiger partial charge is 0.257 e. The molecule has 1 fully saturated rings. The van der Waals surface area contributed by atoms with Crippen molar-refractivity contribution in [1.29, 1.82) is 0 Å². The second-order valence-corrected chi connectivity index (χ2v) is 7.98. The van der Waals surface area contributed by atoms with Gasteiger partial charge in [-0.05, 0) is 65.7 Å². The Morgan fingerprint density at radius 3 is 2.62 bits per heavy atom. The van der Waals surface area contributed by atoms with Crippen molar-refractivity contribution >= 4 is 34.7 Å². The van der Waals surface area contributed by atoms with E-state index < -0.39 is 11.7 Å². The summed E-state index contributed by atoms with van der Waals surface area (Å²) in [4.78, 5) is 27.8. The number of nitrogens with one attached hydrogen (secondary N) is 2. The van der Waals surface area contributed by atoms with E-state index in [4.69, 9.17) is 0 Å². The zero-order valence-electron chi connectivity index (χ0n) is 18.1. The number of carbonyl (C=O) groups is 2. The SMILES string of the molecule is O=C(Nc1cccc(F)c1)c1ccccc1NC(=O)C1CCN(c2ccc3nnnn3n2)CC1. The summed E-state index contributed by atoms with van der Waals surface area (Å²) in [6, 6.07) is 16.1. The van der Waals surface area contributed by atoms with Crippen molar-refractivity contribution in [3.8, 4) is 0 Å². The van der Waals surface area contributed by atoms with Crippen LogP contribution in [0.3, 0.4) is 0 Å². The van der Waals surface area contributed by atoms with E-state index >= 15 is 0 Å². The molecule has 0 aliphatic carbocycles. The maximum absolute atomic E-state index is 13.4. The number of hydrogen-bond donors (Lipinski definition) is 2. The number of piperidine rings is 1. The monoisotopic (exact) mass is 460 g/mol. The summed E-state index contributed by atoms with van der Waals surface area (Å²) >= 11 is 0. The number of carbonyl (C=O) groups excluding carboxylic acids is 2. The highest BCUT2D eigenvalue weighted by Gasteiger charge is 2.27. The molecule has 0 atom stereocenters. The van der Waals surface area contributed by atoms with Crippen molar-refractivity contribution in [1.82, 2.24) is 25.3 Å². The summed E-state index contributed by atoms with van der Waals surface area (Å²) in [5.41, 5.74) is 1.62. The summed E-state index contributed by atoms with van der Waals surface area (Å²) in [7, 11) is 0. The van der Waals surface area contributed by atoms with Crippen molar-refractivity contribution < 1.29 is 14.0 Å². The fraction of sp³-hybridized carbons (Fsp3) is 0.217.